The van der Waals surface area contributed by atoms with Crippen molar-refractivity contribution in [2.75, 3.05) is 38.7 Å². The molecule has 1 N–H and O–H groups in total. The Kier molecular flexibility index (Phi) is 4.86. The molecule has 0 unspecified atom stereocenters. The zero-order valence-electron chi connectivity index (χ0n) is 13.2. The minimum atomic E-state index is -0.414. The molecule has 0 aliphatic carbocycles. The van der Waals surface area contributed by atoms with Gasteiger partial charge in [-0.15, -0.1) is 11.3 Å². The molecule has 0 radical (unpaired) electrons. The van der Waals surface area contributed by atoms with E-state index in [-0.39, 0.29) is 5.97 Å². The number of likely N-dealkylation sites (tertiary alicyclic amines) is 1. The van der Waals surface area contributed by atoms with E-state index in [1.54, 1.807) is 0 Å². The second-order valence-electron chi connectivity index (χ2n) is 5.62. The van der Waals surface area contributed by atoms with Gasteiger partial charge in [-0.05, 0) is 25.2 Å². The molecule has 6 nitrogen and oxygen atoms in total. The molecule has 1 aromatic rings. The van der Waals surface area contributed by atoms with Gasteiger partial charge in [0.15, 0.2) is 10.9 Å². The van der Waals surface area contributed by atoms with Crippen molar-refractivity contribution in [3.63, 3.8) is 0 Å². The van der Waals surface area contributed by atoms with Gasteiger partial charge < -0.3 is 24.4 Å². The number of hydrogen-bond donors (Lipinski definition) is 1. The number of thiophene rings is 1. The third-order valence-electron chi connectivity index (χ3n) is 4.11. The van der Waals surface area contributed by atoms with Crippen LogP contribution in [-0.4, -0.2) is 55.2 Å². The number of hydrogen-bond acceptors (Lipinski definition) is 6. The van der Waals surface area contributed by atoms with E-state index in [0.717, 1.165) is 35.8 Å². The maximum Gasteiger partial charge on any atom is 0.340 e. The molecule has 1 spiro atoms. The Bertz CT molecular complexity index is 601. The topological polar surface area (TPSA) is 60.0 Å². The molecule has 0 atom stereocenters. The summed E-state index contributed by atoms with van der Waals surface area (Å²) in [5.74, 6) is -0.770. The monoisotopic (exact) mass is 356 g/mol. The lowest BCUT2D eigenvalue weighted by molar-refractivity contribution is -0.180. The highest BCUT2D eigenvalue weighted by atomic mass is 32.1. The Morgan fingerprint density at radius 2 is 2.04 bits per heavy atom. The fourth-order valence-corrected chi connectivity index (χ4v) is 4.13. The van der Waals surface area contributed by atoms with Gasteiger partial charge in [0.25, 0.3) is 0 Å². The summed E-state index contributed by atoms with van der Waals surface area (Å²) in [6.07, 6.45) is 1.59. The number of thiocarbonyl (C=S) groups is 1. The van der Waals surface area contributed by atoms with Gasteiger partial charge in [-0.25, -0.2) is 4.79 Å². The first-order chi connectivity index (χ1) is 11.0. The van der Waals surface area contributed by atoms with E-state index in [9.17, 15) is 4.79 Å². The van der Waals surface area contributed by atoms with Crippen molar-refractivity contribution in [1.82, 2.24) is 4.90 Å². The van der Waals surface area contributed by atoms with Crippen molar-refractivity contribution in [2.45, 2.75) is 25.6 Å². The fourth-order valence-electron chi connectivity index (χ4n) is 2.88. The van der Waals surface area contributed by atoms with Gasteiger partial charge in [0.2, 0.25) is 0 Å². The summed E-state index contributed by atoms with van der Waals surface area (Å²) in [6, 6.07) is 1.81. The fraction of sp³-hybridized carbons (Fsp3) is 0.600. The van der Waals surface area contributed by atoms with Crippen LogP contribution in [0.5, 0.6) is 0 Å². The molecule has 8 heteroatoms. The van der Waals surface area contributed by atoms with Gasteiger partial charge in [-0.2, -0.15) is 0 Å². The van der Waals surface area contributed by atoms with Crippen LogP contribution in [0.25, 0.3) is 0 Å². The number of anilines is 1. The van der Waals surface area contributed by atoms with Crippen LogP contribution in [0.3, 0.4) is 0 Å². The number of ether oxygens (including phenoxy) is 3. The highest BCUT2D eigenvalue weighted by molar-refractivity contribution is 7.80. The second-order valence-corrected chi connectivity index (χ2v) is 7.26. The molecule has 2 fully saturated rings. The third-order valence-corrected chi connectivity index (χ3v) is 5.43. The van der Waals surface area contributed by atoms with Crippen LogP contribution in [0.2, 0.25) is 0 Å². The first-order valence-corrected chi connectivity index (χ1v) is 8.78. The smallest absolute Gasteiger partial charge is 0.340 e. The number of carbonyl (C=O) groups excluding carboxylic acids is 1. The SMILES string of the molecule is COC(=O)c1cc(C)sc1NC(=S)N1CCC2(CC1)OCCO2. The van der Waals surface area contributed by atoms with Crippen LogP contribution in [-0.2, 0) is 14.2 Å². The first kappa shape index (κ1) is 16.6. The maximum absolute atomic E-state index is 11.8. The molecule has 0 bridgehead atoms. The van der Waals surface area contributed by atoms with Gasteiger partial charge in [0, 0.05) is 30.8 Å². The minimum absolute atomic E-state index is 0.356. The lowest BCUT2D eigenvalue weighted by atomic mass is 10.0. The summed E-state index contributed by atoms with van der Waals surface area (Å²) in [5, 5.41) is 4.53. The number of methoxy groups -OCH3 is 1. The number of nitrogens with zero attached hydrogens (tertiary/aromatic N) is 1. The zero-order valence-corrected chi connectivity index (χ0v) is 14.8. The van der Waals surface area contributed by atoms with Gasteiger partial charge in [-0.3, -0.25) is 0 Å². The summed E-state index contributed by atoms with van der Waals surface area (Å²) in [4.78, 5) is 14.9. The van der Waals surface area contributed by atoms with Crippen LogP contribution >= 0.6 is 23.6 Å². The van der Waals surface area contributed by atoms with Gasteiger partial charge in [-0.1, -0.05) is 0 Å². The molecule has 2 saturated heterocycles. The summed E-state index contributed by atoms with van der Waals surface area (Å²) >= 11 is 6.99. The molecule has 2 aliphatic rings. The van der Waals surface area contributed by atoms with Crippen molar-refractivity contribution >= 4 is 39.6 Å². The van der Waals surface area contributed by atoms with E-state index in [4.69, 9.17) is 26.4 Å². The molecule has 3 rings (SSSR count). The number of carbonyl (C=O) groups is 1. The highest BCUT2D eigenvalue weighted by Gasteiger charge is 2.40. The Labute approximate surface area is 144 Å². The molecule has 3 heterocycles. The van der Waals surface area contributed by atoms with Crippen molar-refractivity contribution in [1.29, 1.82) is 0 Å². The average Bonchev–Trinajstić information content (AvgIpc) is 3.14. The average molecular weight is 356 g/mol. The Morgan fingerprint density at radius 3 is 2.65 bits per heavy atom. The van der Waals surface area contributed by atoms with Crippen molar-refractivity contribution in [3.8, 4) is 0 Å². The summed E-state index contributed by atoms with van der Waals surface area (Å²) in [7, 11) is 1.38. The molecule has 1 aromatic heterocycles. The van der Waals surface area contributed by atoms with E-state index in [1.807, 2.05) is 13.0 Å². The molecule has 126 valence electrons. The summed E-state index contributed by atoms with van der Waals surface area (Å²) in [5.41, 5.74) is 0.522. The summed E-state index contributed by atoms with van der Waals surface area (Å²) < 4.78 is 16.3. The number of piperidine rings is 1. The quantitative estimate of drug-likeness (QED) is 0.645. The Hall–Kier alpha value is -1.22. The lowest BCUT2D eigenvalue weighted by Crippen LogP contribution is -2.48. The van der Waals surface area contributed by atoms with Crippen LogP contribution in [0.4, 0.5) is 5.00 Å². The minimum Gasteiger partial charge on any atom is -0.465 e. The molecular formula is C15H20N2O4S2. The van der Waals surface area contributed by atoms with Crippen LogP contribution in [0.1, 0.15) is 28.1 Å². The van der Waals surface area contributed by atoms with Crippen LogP contribution in [0, 0.1) is 6.92 Å². The molecule has 23 heavy (non-hydrogen) atoms. The van der Waals surface area contributed by atoms with Crippen molar-refractivity contribution < 1.29 is 19.0 Å². The standard InChI is InChI=1S/C15H20N2O4S2/c1-10-9-11(13(18)19-2)12(23-10)16-14(22)17-5-3-15(4-6-17)20-7-8-21-15/h9H,3-8H2,1-2H3,(H,16,22). The van der Waals surface area contributed by atoms with Gasteiger partial charge in [0.1, 0.15) is 5.00 Å². The molecule has 0 amide bonds. The first-order valence-electron chi connectivity index (χ1n) is 7.55. The Morgan fingerprint density at radius 1 is 1.39 bits per heavy atom. The van der Waals surface area contributed by atoms with Gasteiger partial charge in [0.05, 0.1) is 25.9 Å². The number of aryl methyl sites for hydroxylation is 1. The normalized spacial score (nSPS) is 19.8. The van der Waals surface area contributed by atoms with E-state index >= 15 is 0 Å². The molecule has 0 saturated carbocycles. The van der Waals surface area contributed by atoms with Crippen LogP contribution in [0.15, 0.2) is 6.07 Å². The lowest BCUT2D eigenvalue weighted by Gasteiger charge is -2.38. The number of rotatable bonds is 2. The number of nitrogens with one attached hydrogen (secondary N) is 1. The molecular weight excluding hydrogens is 336 g/mol. The maximum atomic E-state index is 11.8. The predicted octanol–water partition coefficient (Wildman–Crippen LogP) is 2.38. The zero-order chi connectivity index (χ0) is 16.4. The molecule has 0 aromatic carbocycles. The van der Waals surface area contributed by atoms with E-state index in [0.29, 0.717) is 23.9 Å². The predicted molar refractivity (Wildman–Crippen MR) is 92.1 cm³/mol. The van der Waals surface area contributed by atoms with Crippen LogP contribution < -0.4 is 5.32 Å². The van der Waals surface area contributed by atoms with Crippen molar-refractivity contribution in [2.24, 2.45) is 0 Å². The molecule has 2 aliphatic heterocycles. The van der Waals surface area contributed by atoms with E-state index in [2.05, 4.69) is 10.2 Å². The highest BCUT2D eigenvalue weighted by Crippen LogP contribution is 2.32. The van der Waals surface area contributed by atoms with E-state index < -0.39 is 5.79 Å². The van der Waals surface area contributed by atoms with E-state index in [1.165, 1.54) is 18.4 Å². The Balaban J connectivity index is 1.63. The van der Waals surface area contributed by atoms with Gasteiger partial charge >= 0.3 is 5.97 Å². The third kappa shape index (κ3) is 3.50. The van der Waals surface area contributed by atoms with Crippen molar-refractivity contribution in [3.05, 3.63) is 16.5 Å². The second kappa shape index (κ2) is 6.72. The summed E-state index contributed by atoms with van der Waals surface area (Å²) in [6.45, 7) is 4.82. The number of esters is 1. The largest absolute Gasteiger partial charge is 0.465 e.